The molecule has 0 amide bonds. The third kappa shape index (κ3) is 4.07. The lowest BCUT2D eigenvalue weighted by molar-refractivity contribution is 0.0697. The van der Waals surface area contributed by atoms with Gasteiger partial charge in [0, 0.05) is 11.8 Å². The van der Waals surface area contributed by atoms with Gasteiger partial charge < -0.3 is 16.6 Å². The van der Waals surface area contributed by atoms with E-state index in [1.165, 1.54) is 12.3 Å². The molecule has 0 aliphatic rings. The molecule has 112 valence electrons. The maximum atomic E-state index is 11.0. The molecule has 1 heterocycles. The number of carboxylic acid groups (broad SMARTS) is 1. The van der Waals surface area contributed by atoms with E-state index in [1.54, 1.807) is 36.4 Å². The minimum Gasteiger partial charge on any atom is -0.478 e. The molecule has 0 aliphatic heterocycles. The lowest BCUT2D eigenvalue weighted by Crippen LogP contribution is -2.22. The summed E-state index contributed by atoms with van der Waals surface area (Å²) in [6.45, 7) is 0. The van der Waals surface area contributed by atoms with Crippen molar-refractivity contribution in [2.24, 2.45) is 16.5 Å². The molecule has 5 N–H and O–H groups in total. The summed E-state index contributed by atoms with van der Waals surface area (Å²) in [5, 5.41) is 9.42. The highest BCUT2D eigenvalue weighted by molar-refractivity contribution is 6.30. The summed E-state index contributed by atoms with van der Waals surface area (Å²) in [5.41, 5.74) is 12.2. The van der Waals surface area contributed by atoms with Crippen LogP contribution in [0.5, 0.6) is 0 Å². The number of carboxylic acids is 1. The number of rotatable bonds is 4. The van der Waals surface area contributed by atoms with Crippen LogP contribution in [0.3, 0.4) is 0 Å². The van der Waals surface area contributed by atoms with Crippen molar-refractivity contribution in [1.29, 1.82) is 0 Å². The van der Waals surface area contributed by atoms with E-state index in [2.05, 4.69) is 9.98 Å². The quantitative estimate of drug-likeness (QED) is 0.592. The number of aliphatic imine (C=N–C) groups is 1. The van der Waals surface area contributed by atoms with Crippen molar-refractivity contribution in [3.63, 3.8) is 0 Å². The predicted octanol–water partition coefficient (Wildman–Crippen LogP) is 2.51. The third-order valence-corrected chi connectivity index (χ3v) is 2.89. The Hall–Kier alpha value is -2.86. The average Bonchev–Trinajstić information content (AvgIpc) is 2.47. The number of benzene rings is 1. The number of aromatic carboxylic acids is 1. The Bertz CT molecular complexity index is 768. The second kappa shape index (κ2) is 6.73. The molecule has 1 aromatic heterocycles. The predicted molar refractivity (Wildman–Crippen MR) is 87.0 cm³/mol. The number of guanidine groups is 1. The highest BCUT2D eigenvalue weighted by Crippen LogP contribution is 2.22. The number of hydrogen-bond acceptors (Lipinski definition) is 3. The number of halogens is 1. The summed E-state index contributed by atoms with van der Waals surface area (Å²) >= 11 is 5.92. The Balaban J connectivity index is 2.37. The van der Waals surface area contributed by atoms with Crippen molar-refractivity contribution in [2.45, 2.75) is 0 Å². The van der Waals surface area contributed by atoms with E-state index in [1.807, 2.05) is 0 Å². The monoisotopic (exact) mass is 316 g/mol. The number of aromatic nitrogens is 1. The smallest absolute Gasteiger partial charge is 0.335 e. The first kappa shape index (κ1) is 15.5. The topological polar surface area (TPSA) is 115 Å². The van der Waals surface area contributed by atoms with Gasteiger partial charge in [0.05, 0.1) is 10.6 Å². The molecule has 0 bridgehead atoms. The molecule has 0 radical (unpaired) electrons. The molecule has 22 heavy (non-hydrogen) atoms. The van der Waals surface area contributed by atoms with E-state index in [0.29, 0.717) is 16.4 Å². The van der Waals surface area contributed by atoms with Crippen LogP contribution >= 0.6 is 11.6 Å². The highest BCUT2D eigenvalue weighted by atomic mass is 35.5. The molecule has 0 atom stereocenters. The zero-order valence-corrected chi connectivity index (χ0v) is 12.2. The van der Waals surface area contributed by atoms with Crippen LogP contribution in [-0.2, 0) is 0 Å². The summed E-state index contributed by atoms with van der Waals surface area (Å²) in [6.07, 6.45) is 4.87. The summed E-state index contributed by atoms with van der Waals surface area (Å²) < 4.78 is 0. The number of nitrogens with zero attached hydrogens (tertiary/aromatic N) is 2. The molecule has 2 aromatic rings. The van der Waals surface area contributed by atoms with Crippen LogP contribution in [0, 0.1) is 0 Å². The van der Waals surface area contributed by atoms with E-state index in [0.717, 1.165) is 5.56 Å². The number of carbonyl (C=O) groups is 1. The van der Waals surface area contributed by atoms with Crippen LogP contribution in [0.1, 0.15) is 21.5 Å². The molecule has 0 unspecified atom stereocenters. The van der Waals surface area contributed by atoms with Gasteiger partial charge in [-0.2, -0.15) is 4.99 Å². The van der Waals surface area contributed by atoms with Crippen molar-refractivity contribution in [1.82, 2.24) is 4.98 Å². The number of hydrogen-bond donors (Lipinski definition) is 3. The van der Waals surface area contributed by atoms with Crippen molar-refractivity contribution >= 4 is 41.5 Å². The normalized spacial score (nSPS) is 10.6. The largest absolute Gasteiger partial charge is 0.478 e. The molecule has 7 heteroatoms. The molecule has 6 nitrogen and oxygen atoms in total. The first-order chi connectivity index (χ1) is 10.5. The van der Waals surface area contributed by atoms with E-state index in [9.17, 15) is 4.79 Å². The highest BCUT2D eigenvalue weighted by Gasteiger charge is 2.04. The zero-order chi connectivity index (χ0) is 16.1. The van der Waals surface area contributed by atoms with Gasteiger partial charge in [0.1, 0.15) is 0 Å². The second-order valence-electron chi connectivity index (χ2n) is 4.37. The molecular weight excluding hydrogens is 304 g/mol. The van der Waals surface area contributed by atoms with Gasteiger partial charge in [0.2, 0.25) is 0 Å². The Kier molecular flexibility index (Phi) is 4.75. The lowest BCUT2D eigenvalue weighted by Gasteiger charge is -2.02. The summed E-state index contributed by atoms with van der Waals surface area (Å²) in [4.78, 5) is 18.9. The number of nitrogens with two attached hydrogens (primary N) is 2. The summed E-state index contributed by atoms with van der Waals surface area (Å²) in [5.74, 6) is -0.770. The maximum Gasteiger partial charge on any atom is 0.335 e. The maximum absolute atomic E-state index is 11.0. The van der Waals surface area contributed by atoms with Crippen LogP contribution < -0.4 is 11.5 Å². The van der Waals surface area contributed by atoms with Crippen LogP contribution in [0.4, 0.5) is 5.82 Å². The fourth-order valence-electron chi connectivity index (χ4n) is 1.75. The minimum absolute atomic E-state index is 0.114. The van der Waals surface area contributed by atoms with Crippen molar-refractivity contribution in [3.05, 3.63) is 58.2 Å². The van der Waals surface area contributed by atoms with Gasteiger partial charge in [-0.3, -0.25) is 0 Å². The minimum atomic E-state index is -0.985. The van der Waals surface area contributed by atoms with Crippen LogP contribution in [0.2, 0.25) is 5.02 Å². The average molecular weight is 317 g/mol. The fraction of sp³-hybridized carbons (Fsp3) is 0. The van der Waals surface area contributed by atoms with Crippen LogP contribution in [-0.4, -0.2) is 22.0 Å². The van der Waals surface area contributed by atoms with Gasteiger partial charge in [-0.25, -0.2) is 9.78 Å². The molecule has 2 rings (SSSR count). The second-order valence-corrected chi connectivity index (χ2v) is 4.80. The van der Waals surface area contributed by atoms with E-state index < -0.39 is 5.97 Å². The molecule has 0 fully saturated rings. The standard InChI is InChI=1S/C15H13ClN4O2/c16-12-7-10(13(19-8-12)20-15(17)18)5-4-9-2-1-3-11(6-9)14(21)22/h1-8H,(H,21,22)(H4,17,18,19,20)/b5-4+. The van der Waals surface area contributed by atoms with Crippen molar-refractivity contribution in [3.8, 4) is 0 Å². The van der Waals surface area contributed by atoms with E-state index in [-0.39, 0.29) is 11.5 Å². The molecule has 0 spiro atoms. The molecular formula is C15H13ClN4O2. The number of pyridine rings is 1. The van der Waals surface area contributed by atoms with Crippen LogP contribution in [0.15, 0.2) is 41.5 Å². The Morgan fingerprint density at radius 1 is 1.27 bits per heavy atom. The molecule has 1 aromatic carbocycles. The van der Waals surface area contributed by atoms with Gasteiger partial charge in [-0.05, 0) is 23.8 Å². The van der Waals surface area contributed by atoms with Crippen molar-refractivity contribution in [2.75, 3.05) is 0 Å². The Morgan fingerprint density at radius 2 is 2.05 bits per heavy atom. The zero-order valence-electron chi connectivity index (χ0n) is 11.4. The fourth-order valence-corrected chi connectivity index (χ4v) is 1.91. The molecule has 0 aliphatic carbocycles. The first-order valence-corrected chi connectivity index (χ1v) is 6.60. The third-order valence-electron chi connectivity index (χ3n) is 2.69. The first-order valence-electron chi connectivity index (χ1n) is 6.22. The lowest BCUT2D eigenvalue weighted by atomic mass is 10.1. The van der Waals surface area contributed by atoms with Gasteiger partial charge in [-0.15, -0.1) is 0 Å². The summed E-state index contributed by atoms with van der Waals surface area (Å²) in [7, 11) is 0. The van der Waals surface area contributed by atoms with Gasteiger partial charge in [0.25, 0.3) is 0 Å². The molecule has 0 saturated heterocycles. The van der Waals surface area contributed by atoms with Gasteiger partial charge >= 0.3 is 5.97 Å². The van der Waals surface area contributed by atoms with Crippen LogP contribution in [0.25, 0.3) is 12.2 Å². The Morgan fingerprint density at radius 3 is 2.73 bits per heavy atom. The van der Waals surface area contributed by atoms with Gasteiger partial charge in [-0.1, -0.05) is 35.9 Å². The Labute approximate surface area is 131 Å². The summed E-state index contributed by atoms with van der Waals surface area (Å²) in [6, 6.07) is 8.17. The van der Waals surface area contributed by atoms with Gasteiger partial charge in [0.15, 0.2) is 11.8 Å². The van der Waals surface area contributed by atoms with E-state index >= 15 is 0 Å². The molecule has 0 saturated carbocycles. The van der Waals surface area contributed by atoms with Crippen molar-refractivity contribution < 1.29 is 9.90 Å². The van der Waals surface area contributed by atoms with E-state index in [4.69, 9.17) is 28.2 Å². The SMILES string of the molecule is NC(N)=Nc1ncc(Cl)cc1/C=C/c1cccc(C(=O)O)c1.